The summed E-state index contributed by atoms with van der Waals surface area (Å²) < 4.78 is 0. The minimum atomic E-state index is -1.05. The number of anilines is 2. The van der Waals surface area contributed by atoms with Gasteiger partial charge < -0.3 is 20.0 Å². The first kappa shape index (κ1) is 22.4. The van der Waals surface area contributed by atoms with Gasteiger partial charge in [0.25, 0.3) is 0 Å². The summed E-state index contributed by atoms with van der Waals surface area (Å²) in [4.78, 5) is 30.4. The molecule has 2 amide bonds. The fourth-order valence-electron chi connectivity index (χ4n) is 5.77. The molecule has 2 saturated heterocycles. The van der Waals surface area contributed by atoms with Crippen LogP contribution < -0.4 is 9.80 Å². The van der Waals surface area contributed by atoms with E-state index in [0.717, 1.165) is 63.7 Å². The lowest BCUT2D eigenvalue weighted by molar-refractivity contribution is -0.139. The second-order valence-corrected chi connectivity index (χ2v) is 9.36. The van der Waals surface area contributed by atoms with E-state index in [1.807, 2.05) is 6.07 Å². The predicted molar refractivity (Wildman–Crippen MR) is 121 cm³/mol. The molecule has 3 fully saturated rings. The molecule has 2 aliphatic heterocycles. The van der Waals surface area contributed by atoms with Crippen LogP contribution in [0.15, 0.2) is 18.2 Å². The number of hydrogen-bond donors (Lipinski definition) is 2. The van der Waals surface area contributed by atoms with Crippen LogP contribution in [0.2, 0.25) is 0 Å². The topological polar surface area (TPSA) is 108 Å². The van der Waals surface area contributed by atoms with Crippen molar-refractivity contribution < 1.29 is 19.8 Å². The number of hydrogen-bond acceptors (Lipinski definition) is 5. The molecule has 8 heteroatoms. The average Bonchev–Trinajstić information content (AvgIpc) is 3.09. The lowest BCUT2D eigenvalue weighted by atomic mass is 9.78. The van der Waals surface area contributed by atoms with Gasteiger partial charge in [-0.1, -0.05) is 0 Å². The number of amides is 2. The van der Waals surface area contributed by atoms with Crippen molar-refractivity contribution >= 4 is 23.4 Å². The highest BCUT2D eigenvalue weighted by Crippen LogP contribution is 2.44. The van der Waals surface area contributed by atoms with Gasteiger partial charge in [0.2, 0.25) is 5.91 Å². The normalized spacial score (nSPS) is 28.1. The van der Waals surface area contributed by atoms with Crippen LogP contribution in [0, 0.1) is 16.7 Å². The Hall–Kier alpha value is -2.79. The van der Waals surface area contributed by atoms with Crippen LogP contribution in [0.4, 0.5) is 16.2 Å². The SMILES string of the molecule is CCN(C(=O)O)c1ccc(N2CCCC3(CCN(C4CCC(O)CC4)C3=O)C2)c(C#N)c1. The number of rotatable bonds is 4. The van der Waals surface area contributed by atoms with Gasteiger partial charge in [-0.15, -0.1) is 0 Å². The number of piperidine rings is 1. The number of nitriles is 1. The quantitative estimate of drug-likeness (QED) is 0.744. The molecule has 1 unspecified atom stereocenters. The summed E-state index contributed by atoms with van der Waals surface area (Å²) in [6, 6.07) is 7.64. The maximum Gasteiger partial charge on any atom is 0.411 e. The van der Waals surface area contributed by atoms with E-state index in [0.29, 0.717) is 24.3 Å². The summed E-state index contributed by atoms with van der Waals surface area (Å²) in [5.74, 6) is 0.224. The van der Waals surface area contributed by atoms with E-state index in [2.05, 4.69) is 15.9 Å². The van der Waals surface area contributed by atoms with Gasteiger partial charge in [0, 0.05) is 37.9 Å². The molecular formula is C24H32N4O4. The number of aliphatic hydroxyl groups excluding tert-OH is 1. The minimum Gasteiger partial charge on any atom is -0.465 e. The molecule has 2 heterocycles. The van der Waals surface area contributed by atoms with Crippen LogP contribution in [0.1, 0.15) is 57.4 Å². The maximum atomic E-state index is 13.6. The molecule has 0 bridgehead atoms. The number of nitrogens with zero attached hydrogens (tertiary/aromatic N) is 4. The van der Waals surface area contributed by atoms with Crippen molar-refractivity contribution in [3.05, 3.63) is 23.8 Å². The van der Waals surface area contributed by atoms with Gasteiger partial charge in [0.1, 0.15) is 6.07 Å². The highest BCUT2D eigenvalue weighted by Gasteiger charge is 2.50. The zero-order valence-electron chi connectivity index (χ0n) is 18.7. The van der Waals surface area contributed by atoms with Crippen molar-refractivity contribution in [1.29, 1.82) is 5.26 Å². The highest BCUT2D eigenvalue weighted by molar-refractivity contribution is 5.88. The van der Waals surface area contributed by atoms with E-state index in [1.54, 1.807) is 19.1 Å². The molecule has 32 heavy (non-hydrogen) atoms. The number of benzene rings is 1. The van der Waals surface area contributed by atoms with Crippen LogP contribution in [-0.2, 0) is 4.79 Å². The van der Waals surface area contributed by atoms with Crippen molar-refractivity contribution in [3.8, 4) is 6.07 Å². The third-order valence-corrected chi connectivity index (χ3v) is 7.53. The zero-order chi connectivity index (χ0) is 22.9. The van der Waals surface area contributed by atoms with E-state index in [4.69, 9.17) is 0 Å². The Balaban J connectivity index is 1.54. The molecule has 1 aromatic carbocycles. The van der Waals surface area contributed by atoms with Gasteiger partial charge >= 0.3 is 6.09 Å². The fourth-order valence-corrected chi connectivity index (χ4v) is 5.77. The second kappa shape index (κ2) is 8.99. The smallest absolute Gasteiger partial charge is 0.411 e. The Morgan fingerprint density at radius 1 is 1.25 bits per heavy atom. The summed E-state index contributed by atoms with van der Waals surface area (Å²) in [6.45, 7) is 4.18. The molecule has 2 N–H and O–H groups in total. The third kappa shape index (κ3) is 4.02. The Bertz CT molecular complexity index is 921. The monoisotopic (exact) mass is 440 g/mol. The van der Waals surface area contributed by atoms with Crippen LogP contribution >= 0.6 is 0 Å². The first-order valence-electron chi connectivity index (χ1n) is 11.7. The van der Waals surface area contributed by atoms with Crippen molar-refractivity contribution in [1.82, 2.24) is 4.90 Å². The summed E-state index contributed by atoms with van der Waals surface area (Å²) in [7, 11) is 0. The van der Waals surface area contributed by atoms with Gasteiger partial charge in [-0.3, -0.25) is 9.69 Å². The molecule has 1 atom stereocenters. The van der Waals surface area contributed by atoms with Crippen molar-refractivity contribution in [2.75, 3.05) is 36.0 Å². The summed E-state index contributed by atoms with van der Waals surface area (Å²) in [5.41, 5.74) is 1.26. The lowest BCUT2D eigenvalue weighted by Gasteiger charge is -2.41. The second-order valence-electron chi connectivity index (χ2n) is 9.36. The molecule has 172 valence electrons. The van der Waals surface area contributed by atoms with Crippen LogP contribution in [0.25, 0.3) is 0 Å². The first-order valence-corrected chi connectivity index (χ1v) is 11.7. The third-order valence-electron chi connectivity index (χ3n) is 7.53. The Kier molecular flexibility index (Phi) is 6.29. The van der Waals surface area contributed by atoms with Crippen molar-refractivity contribution in [2.45, 2.75) is 64.0 Å². The average molecular weight is 441 g/mol. The lowest BCUT2D eigenvalue weighted by Crippen LogP contribution is -2.50. The summed E-state index contributed by atoms with van der Waals surface area (Å²) in [5, 5.41) is 29.0. The Morgan fingerprint density at radius 2 is 2.00 bits per heavy atom. The summed E-state index contributed by atoms with van der Waals surface area (Å²) in [6.07, 6.45) is 4.53. The van der Waals surface area contributed by atoms with E-state index in [1.165, 1.54) is 4.90 Å². The number of carboxylic acid groups (broad SMARTS) is 1. The molecule has 1 aliphatic carbocycles. The zero-order valence-corrected chi connectivity index (χ0v) is 18.7. The van der Waals surface area contributed by atoms with E-state index >= 15 is 0 Å². The Labute approximate surface area is 189 Å². The van der Waals surface area contributed by atoms with Crippen molar-refractivity contribution in [3.63, 3.8) is 0 Å². The standard InChI is InChI=1S/C24H32N4O4/c1-2-27(23(31)32)19-6-9-21(17(14-19)15-25)26-12-3-10-24(16-26)11-13-28(22(24)30)18-4-7-20(29)8-5-18/h6,9,14,18,20,29H,2-5,7-8,10-13,16H2,1H3,(H,31,32). The molecule has 1 aromatic rings. The van der Waals surface area contributed by atoms with Crippen LogP contribution in [0.3, 0.4) is 0 Å². The van der Waals surface area contributed by atoms with Gasteiger partial charge in [0.05, 0.1) is 22.8 Å². The van der Waals surface area contributed by atoms with Gasteiger partial charge in [-0.25, -0.2) is 4.79 Å². The van der Waals surface area contributed by atoms with E-state index in [-0.39, 0.29) is 18.1 Å². The highest BCUT2D eigenvalue weighted by atomic mass is 16.4. The maximum absolute atomic E-state index is 13.6. The molecule has 4 rings (SSSR count). The number of likely N-dealkylation sites (tertiary alicyclic amines) is 1. The van der Waals surface area contributed by atoms with Gasteiger partial charge in [-0.2, -0.15) is 5.26 Å². The van der Waals surface area contributed by atoms with Gasteiger partial charge in [-0.05, 0) is 70.1 Å². The predicted octanol–water partition coefficient (Wildman–Crippen LogP) is 3.18. The molecule has 1 spiro atoms. The first-order chi connectivity index (χ1) is 15.4. The van der Waals surface area contributed by atoms with E-state index in [9.17, 15) is 25.1 Å². The van der Waals surface area contributed by atoms with Gasteiger partial charge in [0.15, 0.2) is 0 Å². The number of carbonyl (C=O) groups is 2. The Morgan fingerprint density at radius 3 is 2.66 bits per heavy atom. The van der Waals surface area contributed by atoms with Crippen LogP contribution in [0.5, 0.6) is 0 Å². The molecule has 0 aromatic heterocycles. The minimum absolute atomic E-state index is 0.224. The largest absolute Gasteiger partial charge is 0.465 e. The molecular weight excluding hydrogens is 408 g/mol. The van der Waals surface area contributed by atoms with E-state index < -0.39 is 11.5 Å². The molecule has 8 nitrogen and oxygen atoms in total. The molecule has 1 saturated carbocycles. The van der Waals surface area contributed by atoms with Crippen LogP contribution in [-0.4, -0.2) is 65.4 Å². The number of carbonyl (C=O) groups excluding carboxylic acids is 1. The molecule has 0 radical (unpaired) electrons. The van der Waals surface area contributed by atoms with Crippen molar-refractivity contribution in [2.24, 2.45) is 5.41 Å². The summed E-state index contributed by atoms with van der Waals surface area (Å²) >= 11 is 0. The number of aliphatic hydroxyl groups is 1. The fraction of sp³-hybridized carbons (Fsp3) is 0.625. The molecule has 3 aliphatic rings.